The number of amides is 1. The highest BCUT2D eigenvalue weighted by Crippen LogP contribution is 2.28. The Morgan fingerprint density at radius 2 is 1.92 bits per heavy atom. The van der Waals surface area contributed by atoms with Crippen molar-refractivity contribution in [2.75, 3.05) is 7.11 Å². The van der Waals surface area contributed by atoms with Crippen LogP contribution in [0.1, 0.15) is 56.8 Å². The lowest BCUT2D eigenvalue weighted by molar-refractivity contribution is 0.0937. The Morgan fingerprint density at radius 1 is 1.24 bits per heavy atom. The van der Waals surface area contributed by atoms with Gasteiger partial charge in [0.2, 0.25) is 10.0 Å². The second-order valence-corrected chi connectivity index (χ2v) is 8.79. The van der Waals surface area contributed by atoms with Crippen molar-refractivity contribution in [3.63, 3.8) is 0 Å². The molecule has 1 unspecified atom stereocenters. The fourth-order valence-electron chi connectivity index (χ4n) is 2.47. The predicted molar refractivity (Wildman–Crippen MR) is 97.3 cm³/mol. The van der Waals surface area contributed by atoms with Crippen LogP contribution in [-0.2, 0) is 10.0 Å². The molecule has 0 aliphatic heterocycles. The molecular formula is C18H28N2O4S. The van der Waals surface area contributed by atoms with Gasteiger partial charge in [-0.05, 0) is 56.7 Å². The number of ether oxygens (including phenoxy) is 1. The summed E-state index contributed by atoms with van der Waals surface area (Å²) in [6, 6.07) is 4.51. The van der Waals surface area contributed by atoms with Gasteiger partial charge in [0.1, 0.15) is 10.6 Å². The first-order valence-corrected chi connectivity index (χ1v) is 10.2. The van der Waals surface area contributed by atoms with Crippen molar-refractivity contribution >= 4 is 15.9 Å². The molecule has 1 fully saturated rings. The van der Waals surface area contributed by atoms with Gasteiger partial charge in [-0.3, -0.25) is 4.79 Å². The van der Waals surface area contributed by atoms with Crippen LogP contribution in [0.2, 0.25) is 0 Å². The Morgan fingerprint density at radius 3 is 2.48 bits per heavy atom. The maximum absolute atomic E-state index is 12.5. The molecule has 1 aliphatic carbocycles. The number of hydrogen-bond donors (Lipinski definition) is 2. The van der Waals surface area contributed by atoms with Crippen molar-refractivity contribution in [2.45, 2.75) is 63.4 Å². The number of benzene rings is 1. The summed E-state index contributed by atoms with van der Waals surface area (Å²) >= 11 is 0. The fraction of sp³-hybridized carbons (Fsp3) is 0.611. The molecule has 1 saturated carbocycles. The average molecular weight is 368 g/mol. The van der Waals surface area contributed by atoms with Gasteiger partial charge < -0.3 is 10.1 Å². The van der Waals surface area contributed by atoms with Gasteiger partial charge in [-0.1, -0.05) is 13.8 Å². The van der Waals surface area contributed by atoms with Gasteiger partial charge >= 0.3 is 0 Å². The molecule has 2 rings (SSSR count). The van der Waals surface area contributed by atoms with Gasteiger partial charge in [0.15, 0.2) is 0 Å². The monoisotopic (exact) mass is 368 g/mol. The van der Waals surface area contributed by atoms with E-state index in [1.54, 1.807) is 6.07 Å². The molecule has 7 heteroatoms. The smallest absolute Gasteiger partial charge is 0.251 e. The summed E-state index contributed by atoms with van der Waals surface area (Å²) in [5.74, 6) is 0.532. The molecule has 1 aromatic rings. The number of carbonyl (C=O) groups excluding carboxylic acids is 1. The highest BCUT2D eigenvalue weighted by Gasteiger charge is 2.30. The van der Waals surface area contributed by atoms with Crippen LogP contribution in [0.4, 0.5) is 0 Å². The third-order valence-electron chi connectivity index (χ3n) is 4.17. The zero-order valence-corrected chi connectivity index (χ0v) is 16.2. The van der Waals surface area contributed by atoms with Crippen LogP contribution in [0.15, 0.2) is 23.1 Å². The van der Waals surface area contributed by atoms with E-state index in [-0.39, 0.29) is 28.6 Å². The lowest BCUT2D eigenvalue weighted by atomic mass is 10.0. The van der Waals surface area contributed by atoms with Crippen LogP contribution in [0.5, 0.6) is 5.75 Å². The number of carbonyl (C=O) groups is 1. The van der Waals surface area contributed by atoms with Crippen molar-refractivity contribution < 1.29 is 17.9 Å². The molecule has 1 aliphatic rings. The summed E-state index contributed by atoms with van der Waals surface area (Å²) in [4.78, 5) is 12.5. The normalized spacial score (nSPS) is 15.9. The van der Waals surface area contributed by atoms with E-state index >= 15 is 0 Å². The Hall–Kier alpha value is -1.60. The number of rotatable bonds is 9. The number of methoxy groups -OCH3 is 1. The summed E-state index contributed by atoms with van der Waals surface area (Å²) in [6.45, 7) is 6.24. The fourth-order valence-corrected chi connectivity index (χ4v) is 3.97. The number of hydrogen-bond acceptors (Lipinski definition) is 4. The molecule has 0 saturated heterocycles. The Labute approximate surface area is 150 Å². The first-order chi connectivity index (χ1) is 11.7. The maximum Gasteiger partial charge on any atom is 0.251 e. The van der Waals surface area contributed by atoms with E-state index in [4.69, 9.17) is 4.74 Å². The van der Waals surface area contributed by atoms with E-state index in [1.807, 2.05) is 6.92 Å². The molecule has 25 heavy (non-hydrogen) atoms. The third-order valence-corrected chi connectivity index (χ3v) is 5.71. The Balaban J connectivity index is 2.15. The lowest BCUT2D eigenvalue weighted by Crippen LogP contribution is -2.33. The third kappa shape index (κ3) is 5.71. The molecule has 1 amide bonds. The molecule has 0 heterocycles. The van der Waals surface area contributed by atoms with Gasteiger partial charge in [0.05, 0.1) is 7.11 Å². The molecular weight excluding hydrogens is 340 g/mol. The standard InChI is InChI=1S/C18H28N2O4S/c1-12(2)5-6-13(3)19-18(21)14-7-10-16(24-4)17(11-14)25(22,23)20-15-8-9-15/h7,10-13,15,20H,5-6,8-9H2,1-4H3,(H,19,21). The maximum atomic E-state index is 12.5. The summed E-state index contributed by atoms with van der Waals surface area (Å²) < 4.78 is 32.8. The van der Waals surface area contributed by atoms with Crippen LogP contribution in [-0.4, -0.2) is 33.5 Å². The van der Waals surface area contributed by atoms with Gasteiger partial charge in [0, 0.05) is 17.6 Å². The molecule has 0 radical (unpaired) electrons. The Kier molecular flexibility index (Phi) is 6.46. The minimum atomic E-state index is -3.70. The van der Waals surface area contributed by atoms with Crippen LogP contribution in [0, 0.1) is 5.92 Å². The zero-order chi connectivity index (χ0) is 18.6. The van der Waals surface area contributed by atoms with Crippen LogP contribution in [0.3, 0.4) is 0 Å². The summed E-state index contributed by atoms with van der Waals surface area (Å²) in [6.07, 6.45) is 3.59. The molecule has 0 bridgehead atoms. The SMILES string of the molecule is COc1ccc(C(=O)NC(C)CCC(C)C)cc1S(=O)(=O)NC1CC1. The Bertz CT molecular complexity index is 712. The van der Waals surface area contributed by atoms with Crippen molar-refractivity contribution in [1.29, 1.82) is 0 Å². The van der Waals surface area contributed by atoms with E-state index in [2.05, 4.69) is 23.9 Å². The van der Waals surface area contributed by atoms with Gasteiger partial charge in [0.25, 0.3) is 5.91 Å². The van der Waals surface area contributed by atoms with Gasteiger partial charge in [-0.2, -0.15) is 0 Å². The molecule has 1 atom stereocenters. The van der Waals surface area contributed by atoms with Crippen LogP contribution < -0.4 is 14.8 Å². The van der Waals surface area contributed by atoms with Crippen LogP contribution >= 0.6 is 0 Å². The second-order valence-electron chi connectivity index (χ2n) is 7.11. The van der Waals surface area contributed by atoms with Gasteiger partial charge in [-0.15, -0.1) is 0 Å². The highest BCUT2D eigenvalue weighted by molar-refractivity contribution is 7.89. The summed E-state index contributed by atoms with van der Waals surface area (Å²) in [7, 11) is -2.28. The predicted octanol–water partition coefficient (Wildman–Crippen LogP) is 2.69. The first kappa shape index (κ1) is 19.7. The van der Waals surface area contributed by atoms with E-state index in [0.717, 1.165) is 25.7 Å². The molecule has 6 nitrogen and oxygen atoms in total. The topological polar surface area (TPSA) is 84.5 Å². The highest BCUT2D eigenvalue weighted by atomic mass is 32.2. The number of nitrogens with one attached hydrogen (secondary N) is 2. The van der Waals surface area contributed by atoms with E-state index < -0.39 is 10.0 Å². The molecule has 1 aromatic carbocycles. The largest absolute Gasteiger partial charge is 0.495 e. The van der Waals surface area contributed by atoms with Crippen molar-refractivity contribution in [1.82, 2.24) is 10.0 Å². The molecule has 0 spiro atoms. The minimum Gasteiger partial charge on any atom is -0.495 e. The number of sulfonamides is 1. The average Bonchev–Trinajstić information content (AvgIpc) is 3.35. The zero-order valence-electron chi connectivity index (χ0n) is 15.3. The lowest BCUT2D eigenvalue weighted by Gasteiger charge is -2.16. The summed E-state index contributed by atoms with van der Waals surface area (Å²) in [5.41, 5.74) is 0.313. The van der Waals surface area contributed by atoms with Crippen LogP contribution in [0.25, 0.3) is 0 Å². The minimum absolute atomic E-state index is 0.00406. The second kappa shape index (κ2) is 8.19. The molecule has 2 N–H and O–H groups in total. The van der Waals surface area contributed by atoms with E-state index in [9.17, 15) is 13.2 Å². The van der Waals surface area contributed by atoms with Crippen molar-refractivity contribution in [2.24, 2.45) is 5.92 Å². The molecule has 140 valence electrons. The van der Waals surface area contributed by atoms with E-state index in [0.29, 0.717) is 11.5 Å². The summed E-state index contributed by atoms with van der Waals surface area (Å²) in [5, 5.41) is 2.93. The first-order valence-electron chi connectivity index (χ1n) is 8.74. The van der Waals surface area contributed by atoms with E-state index in [1.165, 1.54) is 19.2 Å². The molecule has 0 aromatic heterocycles. The van der Waals surface area contributed by atoms with Crippen molar-refractivity contribution in [3.8, 4) is 5.75 Å². The van der Waals surface area contributed by atoms with Crippen molar-refractivity contribution in [3.05, 3.63) is 23.8 Å². The quantitative estimate of drug-likeness (QED) is 0.702. The van der Waals surface area contributed by atoms with Gasteiger partial charge in [-0.25, -0.2) is 13.1 Å².